The third kappa shape index (κ3) is 4.19. The van der Waals surface area contributed by atoms with E-state index in [1.54, 1.807) is 13.2 Å². The van der Waals surface area contributed by atoms with Gasteiger partial charge >= 0.3 is 0 Å². The molecular weight excluding hydrogens is 386 g/mol. The summed E-state index contributed by atoms with van der Waals surface area (Å²) in [5.74, 6) is 1.23. The highest BCUT2D eigenvalue weighted by Crippen LogP contribution is 2.28. The van der Waals surface area contributed by atoms with E-state index >= 15 is 0 Å². The van der Waals surface area contributed by atoms with Gasteiger partial charge in [0.25, 0.3) is 0 Å². The van der Waals surface area contributed by atoms with Crippen LogP contribution in [-0.4, -0.2) is 46.7 Å². The standard InChI is InChI=1S/C26H29N3O2/c1-31-22-6-8-25-23(16-22)19(17-27-25)4-2-3-11-29-12-9-18(10-13-29)26-15-20-14-21(30)5-7-24(20)28-26/h5-9,14-17,27-28,30H,2-4,10-13H2,1H3. The summed E-state index contributed by atoms with van der Waals surface area (Å²) in [4.78, 5) is 9.40. The maximum atomic E-state index is 9.68. The van der Waals surface area contributed by atoms with Crippen molar-refractivity contribution in [1.82, 2.24) is 14.9 Å². The van der Waals surface area contributed by atoms with Crippen molar-refractivity contribution in [3.8, 4) is 11.5 Å². The minimum Gasteiger partial charge on any atom is -0.508 e. The van der Waals surface area contributed by atoms with E-state index in [2.05, 4.69) is 45.3 Å². The second kappa shape index (κ2) is 8.52. The lowest BCUT2D eigenvalue weighted by Crippen LogP contribution is -2.29. The number of benzene rings is 2. The van der Waals surface area contributed by atoms with E-state index in [0.29, 0.717) is 5.75 Å². The predicted molar refractivity (Wildman–Crippen MR) is 127 cm³/mol. The van der Waals surface area contributed by atoms with E-state index < -0.39 is 0 Å². The average molecular weight is 416 g/mol. The van der Waals surface area contributed by atoms with Crippen LogP contribution in [0.2, 0.25) is 0 Å². The van der Waals surface area contributed by atoms with Crippen molar-refractivity contribution in [3.05, 3.63) is 66.0 Å². The summed E-state index contributed by atoms with van der Waals surface area (Å²) >= 11 is 0. The molecule has 3 N–H and O–H groups in total. The van der Waals surface area contributed by atoms with Crippen LogP contribution >= 0.6 is 0 Å². The van der Waals surface area contributed by atoms with Crippen LogP contribution < -0.4 is 4.74 Å². The van der Waals surface area contributed by atoms with Gasteiger partial charge in [0, 0.05) is 46.8 Å². The molecule has 5 rings (SSSR count). The number of fused-ring (bicyclic) bond motifs is 2. The third-order valence-corrected chi connectivity index (χ3v) is 6.39. The Kier molecular flexibility index (Phi) is 5.43. The topological polar surface area (TPSA) is 64.3 Å². The molecule has 0 unspecified atom stereocenters. The van der Waals surface area contributed by atoms with E-state index in [9.17, 15) is 5.11 Å². The Morgan fingerprint density at radius 1 is 1.06 bits per heavy atom. The highest BCUT2D eigenvalue weighted by Gasteiger charge is 2.14. The summed E-state index contributed by atoms with van der Waals surface area (Å²) in [5.41, 5.74) is 6.18. The van der Waals surface area contributed by atoms with Gasteiger partial charge in [-0.15, -0.1) is 0 Å². The number of aromatic hydroxyl groups is 1. The van der Waals surface area contributed by atoms with Crippen molar-refractivity contribution in [3.63, 3.8) is 0 Å². The SMILES string of the molecule is COc1ccc2[nH]cc(CCCCN3CC=C(c4cc5cc(O)ccc5[nH]4)CC3)c2c1. The van der Waals surface area contributed by atoms with Gasteiger partial charge in [-0.05, 0) is 85.8 Å². The Bertz CT molecular complexity index is 1230. The summed E-state index contributed by atoms with van der Waals surface area (Å²) in [6, 6.07) is 13.8. The molecule has 0 atom stereocenters. The van der Waals surface area contributed by atoms with Crippen molar-refractivity contribution in [2.24, 2.45) is 0 Å². The third-order valence-electron chi connectivity index (χ3n) is 6.39. The molecule has 0 bridgehead atoms. The molecular formula is C26H29N3O2. The first-order valence-electron chi connectivity index (χ1n) is 11.1. The van der Waals surface area contributed by atoms with E-state index in [1.807, 2.05) is 18.2 Å². The fraction of sp³-hybridized carbons (Fsp3) is 0.308. The number of nitrogens with zero attached hydrogens (tertiary/aromatic N) is 1. The second-order valence-electron chi connectivity index (χ2n) is 8.42. The number of hydrogen-bond acceptors (Lipinski definition) is 3. The number of ether oxygens (including phenoxy) is 1. The zero-order valence-corrected chi connectivity index (χ0v) is 17.9. The first kappa shape index (κ1) is 19.8. The molecule has 3 heterocycles. The quantitative estimate of drug-likeness (QED) is 0.351. The lowest BCUT2D eigenvalue weighted by Gasteiger charge is -2.26. The smallest absolute Gasteiger partial charge is 0.119 e. The average Bonchev–Trinajstić information content (AvgIpc) is 3.40. The van der Waals surface area contributed by atoms with Crippen molar-refractivity contribution in [2.45, 2.75) is 25.7 Å². The largest absolute Gasteiger partial charge is 0.508 e. The molecule has 5 nitrogen and oxygen atoms in total. The molecule has 0 aliphatic carbocycles. The van der Waals surface area contributed by atoms with Gasteiger partial charge in [-0.3, -0.25) is 4.90 Å². The van der Waals surface area contributed by atoms with E-state index in [0.717, 1.165) is 49.1 Å². The van der Waals surface area contributed by atoms with Crippen LogP contribution in [0, 0.1) is 0 Å². The number of aryl methyl sites for hydroxylation is 1. The van der Waals surface area contributed by atoms with E-state index in [1.165, 1.54) is 40.6 Å². The lowest BCUT2D eigenvalue weighted by atomic mass is 10.0. The highest BCUT2D eigenvalue weighted by atomic mass is 16.5. The normalized spacial score (nSPS) is 14.9. The molecule has 4 aromatic rings. The Morgan fingerprint density at radius 2 is 1.97 bits per heavy atom. The van der Waals surface area contributed by atoms with Gasteiger partial charge in [-0.1, -0.05) is 6.08 Å². The highest BCUT2D eigenvalue weighted by molar-refractivity contribution is 5.86. The fourth-order valence-electron chi connectivity index (χ4n) is 4.59. The maximum Gasteiger partial charge on any atom is 0.119 e. The van der Waals surface area contributed by atoms with Crippen LogP contribution in [0.25, 0.3) is 27.4 Å². The number of aromatic amines is 2. The molecule has 0 radical (unpaired) electrons. The Morgan fingerprint density at radius 3 is 2.81 bits per heavy atom. The van der Waals surface area contributed by atoms with Gasteiger partial charge in [0.2, 0.25) is 0 Å². The van der Waals surface area contributed by atoms with Gasteiger partial charge in [0.05, 0.1) is 7.11 Å². The van der Waals surface area contributed by atoms with Crippen LogP contribution in [0.5, 0.6) is 11.5 Å². The molecule has 0 saturated heterocycles. The summed E-state index contributed by atoms with van der Waals surface area (Å²) in [5, 5.41) is 12.0. The van der Waals surface area contributed by atoms with Crippen molar-refractivity contribution < 1.29 is 9.84 Å². The number of aromatic nitrogens is 2. The van der Waals surface area contributed by atoms with Crippen molar-refractivity contribution in [2.75, 3.05) is 26.7 Å². The Labute approximate surface area is 182 Å². The van der Waals surface area contributed by atoms with Crippen molar-refractivity contribution >= 4 is 27.4 Å². The summed E-state index contributed by atoms with van der Waals surface area (Å²) in [6.07, 6.45) is 9.01. The fourth-order valence-corrected chi connectivity index (χ4v) is 4.59. The molecule has 0 fully saturated rings. The zero-order valence-electron chi connectivity index (χ0n) is 17.9. The van der Waals surface area contributed by atoms with Crippen molar-refractivity contribution in [1.29, 1.82) is 0 Å². The molecule has 31 heavy (non-hydrogen) atoms. The van der Waals surface area contributed by atoms with Crippen LogP contribution in [-0.2, 0) is 6.42 Å². The Hall–Kier alpha value is -3.18. The number of hydrogen-bond donors (Lipinski definition) is 3. The molecule has 160 valence electrons. The van der Waals surface area contributed by atoms with E-state index in [4.69, 9.17) is 4.74 Å². The van der Waals surface area contributed by atoms with Crippen LogP contribution in [0.15, 0.2) is 54.7 Å². The number of rotatable bonds is 7. The first-order chi connectivity index (χ1) is 15.2. The van der Waals surface area contributed by atoms with Gasteiger partial charge in [0.1, 0.15) is 11.5 Å². The minimum absolute atomic E-state index is 0.314. The number of unbranched alkanes of at least 4 members (excludes halogenated alkanes) is 1. The first-order valence-corrected chi connectivity index (χ1v) is 11.1. The molecule has 1 aliphatic heterocycles. The molecule has 1 aliphatic rings. The molecule has 0 saturated carbocycles. The Balaban J connectivity index is 1.14. The second-order valence-corrected chi connectivity index (χ2v) is 8.42. The van der Waals surface area contributed by atoms with Gasteiger partial charge in [0.15, 0.2) is 0 Å². The van der Waals surface area contributed by atoms with Gasteiger partial charge in [-0.2, -0.15) is 0 Å². The van der Waals surface area contributed by atoms with Crippen LogP contribution in [0.3, 0.4) is 0 Å². The molecule has 0 amide bonds. The lowest BCUT2D eigenvalue weighted by molar-refractivity contribution is 0.295. The van der Waals surface area contributed by atoms with E-state index in [-0.39, 0.29) is 0 Å². The minimum atomic E-state index is 0.314. The molecule has 0 spiro atoms. The summed E-state index contributed by atoms with van der Waals surface area (Å²) in [7, 11) is 1.72. The number of nitrogens with one attached hydrogen (secondary N) is 2. The number of phenols is 1. The van der Waals surface area contributed by atoms with Crippen LogP contribution in [0.4, 0.5) is 0 Å². The van der Waals surface area contributed by atoms with Gasteiger partial charge < -0.3 is 19.8 Å². The molecule has 5 heteroatoms. The maximum absolute atomic E-state index is 9.68. The summed E-state index contributed by atoms with van der Waals surface area (Å²) < 4.78 is 5.38. The number of phenolic OH excluding ortho intramolecular Hbond substituents is 1. The predicted octanol–water partition coefficient (Wildman–Crippen LogP) is 5.48. The molecule has 2 aromatic carbocycles. The zero-order chi connectivity index (χ0) is 21.2. The monoisotopic (exact) mass is 415 g/mol. The molecule has 2 aromatic heterocycles. The van der Waals surface area contributed by atoms with Gasteiger partial charge in [-0.25, -0.2) is 0 Å². The summed E-state index contributed by atoms with van der Waals surface area (Å²) in [6.45, 7) is 3.23. The van der Waals surface area contributed by atoms with Crippen LogP contribution in [0.1, 0.15) is 30.5 Å². The number of methoxy groups -OCH3 is 1. The number of H-pyrrole nitrogens is 2.